The van der Waals surface area contributed by atoms with Crippen molar-refractivity contribution in [3.63, 3.8) is 0 Å². The molecule has 2 aromatic rings. The van der Waals surface area contributed by atoms with Gasteiger partial charge in [0.15, 0.2) is 11.6 Å². The molecule has 0 aliphatic heterocycles. The third-order valence-electron chi connectivity index (χ3n) is 4.63. The van der Waals surface area contributed by atoms with Crippen LogP contribution in [0.1, 0.15) is 51.1 Å². The van der Waals surface area contributed by atoms with Crippen molar-refractivity contribution in [2.75, 3.05) is 0 Å². The highest BCUT2D eigenvalue weighted by atomic mass is 32.2. The first-order valence-electron chi connectivity index (χ1n) is 7.83. The topological polar surface area (TPSA) is 80.3 Å². The zero-order valence-corrected chi connectivity index (χ0v) is 13.6. The predicted octanol–water partition coefficient (Wildman–Crippen LogP) is 2.29. The van der Waals surface area contributed by atoms with Crippen molar-refractivity contribution < 1.29 is 18.0 Å². The van der Waals surface area contributed by atoms with Crippen molar-refractivity contribution in [3.8, 4) is 0 Å². The number of ketones is 2. The summed E-state index contributed by atoms with van der Waals surface area (Å²) in [4.78, 5) is 25.4. The van der Waals surface area contributed by atoms with Crippen LogP contribution in [-0.2, 0) is 10.0 Å². The van der Waals surface area contributed by atoms with Crippen molar-refractivity contribution in [3.05, 3.63) is 64.7 Å². The van der Waals surface area contributed by atoms with Gasteiger partial charge >= 0.3 is 0 Å². The first-order chi connectivity index (χ1) is 11.5. The van der Waals surface area contributed by atoms with Gasteiger partial charge in [-0.2, -0.15) is 0 Å². The lowest BCUT2D eigenvalue weighted by Gasteiger charge is -2.27. The second-order valence-corrected chi connectivity index (χ2v) is 7.81. The maximum Gasteiger partial charge on any atom is 0.241 e. The fraction of sp³-hybridized carbons (Fsp3) is 0.222. The molecule has 0 radical (unpaired) electrons. The normalized spacial score (nSPS) is 17.2. The first kappa shape index (κ1) is 15.2. The summed E-state index contributed by atoms with van der Waals surface area (Å²) in [5.41, 5.74) is 0.695. The minimum Gasteiger partial charge on any atom is -0.289 e. The molecule has 5 nitrogen and oxygen atoms in total. The Morgan fingerprint density at radius 2 is 1.46 bits per heavy atom. The molecule has 0 saturated heterocycles. The summed E-state index contributed by atoms with van der Waals surface area (Å²) < 4.78 is 28.0. The van der Waals surface area contributed by atoms with E-state index in [1.54, 1.807) is 24.3 Å². The Balaban J connectivity index is 1.88. The maximum absolute atomic E-state index is 12.8. The monoisotopic (exact) mass is 341 g/mol. The van der Waals surface area contributed by atoms with E-state index in [1.807, 2.05) is 0 Å². The van der Waals surface area contributed by atoms with Gasteiger partial charge in [0.1, 0.15) is 0 Å². The number of benzene rings is 2. The third-order valence-corrected chi connectivity index (χ3v) is 6.19. The number of carbonyl (C=O) groups is 2. The summed E-state index contributed by atoms with van der Waals surface area (Å²) >= 11 is 0. The summed E-state index contributed by atoms with van der Waals surface area (Å²) in [6.45, 7) is 0. The van der Waals surface area contributed by atoms with Gasteiger partial charge in [-0.3, -0.25) is 9.59 Å². The van der Waals surface area contributed by atoms with Gasteiger partial charge in [-0.25, -0.2) is 13.1 Å². The van der Waals surface area contributed by atoms with E-state index in [0.717, 1.165) is 19.3 Å². The van der Waals surface area contributed by atoms with Crippen LogP contribution in [0.3, 0.4) is 0 Å². The van der Waals surface area contributed by atoms with Crippen molar-refractivity contribution in [1.82, 2.24) is 4.72 Å². The molecule has 0 atom stereocenters. The third kappa shape index (κ3) is 2.22. The van der Waals surface area contributed by atoms with Crippen LogP contribution in [0, 0.1) is 0 Å². The first-order valence-corrected chi connectivity index (χ1v) is 9.31. The van der Waals surface area contributed by atoms with Crippen molar-refractivity contribution in [2.24, 2.45) is 0 Å². The molecule has 1 fully saturated rings. The Hall–Kier alpha value is -2.31. The molecule has 0 bridgehead atoms. The van der Waals surface area contributed by atoms with E-state index in [-0.39, 0.29) is 33.4 Å². The Morgan fingerprint density at radius 1 is 0.833 bits per heavy atom. The molecular formula is C18H15NO4S. The van der Waals surface area contributed by atoms with E-state index >= 15 is 0 Å². The van der Waals surface area contributed by atoms with Gasteiger partial charge in [0.25, 0.3) is 0 Å². The summed E-state index contributed by atoms with van der Waals surface area (Å²) in [5, 5.41) is 0. The lowest BCUT2D eigenvalue weighted by atomic mass is 9.84. The summed E-state index contributed by atoms with van der Waals surface area (Å²) in [6.07, 6.45) is 2.58. The number of hydrogen-bond donors (Lipinski definition) is 1. The van der Waals surface area contributed by atoms with Crippen LogP contribution in [0.25, 0.3) is 0 Å². The standard InChI is InChI=1S/C18H15NO4S/c20-17-12-7-1-2-8-13(12)18(21)16-14(17)9-4-10-15(16)24(22,23)19-11-5-3-6-11/h1-2,4,7-11,19H,3,5-6H2. The molecular weight excluding hydrogens is 326 g/mol. The van der Waals surface area contributed by atoms with Gasteiger partial charge in [-0.05, 0) is 18.9 Å². The zero-order valence-electron chi connectivity index (χ0n) is 12.8. The summed E-state index contributed by atoms with van der Waals surface area (Å²) in [5.74, 6) is -0.740. The number of rotatable bonds is 3. The fourth-order valence-electron chi connectivity index (χ4n) is 3.15. The Kier molecular flexibility index (Phi) is 3.40. The van der Waals surface area contributed by atoms with Crippen molar-refractivity contribution in [2.45, 2.75) is 30.2 Å². The van der Waals surface area contributed by atoms with Crippen LogP contribution in [0.2, 0.25) is 0 Å². The van der Waals surface area contributed by atoms with Gasteiger partial charge < -0.3 is 0 Å². The highest BCUT2D eigenvalue weighted by Crippen LogP contribution is 2.32. The van der Waals surface area contributed by atoms with E-state index in [4.69, 9.17) is 0 Å². The highest BCUT2D eigenvalue weighted by molar-refractivity contribution is 7.89. The highest BCUT2D eigenvalue weighted by Gasteiger charge is 2.35. The van der Waals surface area contributed by atoms with E-state index in [0.29, 0.717) is 5.56 Å². The molecule has 24 heavy (non-hydrogen) atoms. The van der Waals surface area contributed by atoms with Gasteiger partial charge in [-0.15, -0.1) is 0 Å². The SMILES string of the molecule is O=C1c2ccccc2C(=O)c2c1cccc2S(=O)(=O)NC1CCC1. The summed E-state index contributed by atoms with van der Waals surface area (Å²) in [6, 6.07) is 10.8. The Labute approximate surface area is 139 Å². The molecule has 0 spiro atoms. The Bertz CT molecular complexity index is 974. The van der Waals surface area contributed by atoms with Crippen LogP contribution in [-0.4, -0.2) is 26.0 Å². The van der Waals surface area contributed by atoms with Gasteiger partial charge in [0.05, 0.1) is 10.5 Å². The molecule has 0 aromatic heterocycles. The van der Waals surface area contributed by atoms with Crippen LogP contribution in [0.5, 0.6) is 0 Å². The van der Waals surface area contributed by atoms with Gasteiger partial charge in [0.2, 0.25) is 10.0 Å². The number of sulfonamides is 1. The Morgan fingerprint density at radius 3 is 2.08 bits per heavy atom. The van der Waals surface area contributed by atoms with Crippen LogP contribution in [0.4, 0.5) is 0 Å². The lowest BCUT2D eigenvalue weighted by Crippen LogP contribution is -2.40. The zero-order chi connectivity index (χ0) is 16.9. The minimum atomic E-state index is -3.84. The molecule has 0 amide bonds. The van der Waals surface area contributed by atoms with E-state index in [2.05, 4.69) is 4.72 Å². The predicted molar refractivity (Wildman–Crippen MR) is 87.7 cm³/mol. The molecule has 0 heterocycles. The number of hydrogen-bond acceptors (Lipinski definition) is 4. The number of carbonyl (C=O) groups excluding carboxylic acids is 2. The van der Waals surface area contributed by atoms with Gasteiger partial charge in [0, 0.05) is 22.7 Å². The quantitative estimate of drug-likeness (QED) is 0.793. The molecule has 1 N–H and O–H groups in total. The average Bonchev–Trinajstić information content (AvgIpc) is 2.55. The fourth-order valence-corrected chi connectivity index (χ4v) is 4.68. The average molecular weight is 341 g/mol. The second kappa shape index (κ2) is 5.36. The molecule has 6 heteroatoms. The molecule has 1 saturated carbocycles. The smallest absolute Gasteiger partial charge is 0.241 e. The largest absolute Gasteiger partial charge is 0.289 e. The summed E-state index contributed by atoms with van der Waals surface area (Å²) in [7, 11) is -3.84. The van der Waals surface area contributed by atoms with Gasteiger partial charge in [-0.1, -0.05) is 42.8 Å². The van der Waals surface area contributed by atoms with Crippen LogP contribution in [0.15, 0.2) is 47.4 Å². The number of nitrogens with one attached hydrogen (secondary N) is 1. The molecule has 0 unspecified atom stereocenters. The van der Waals surface area contributed by atoms with Crippen LogP contribution < -0.4 is 4.72 Å². The second-order valence-electron chi connectivity index (χ2n) is 6.13. The molecule has 4 rings (SSSR count). The maximum atomic E-state index is 12.8. The van der Waals surface area contributed by atoms with E-state index in [9.17, 15) is 18.0 Å². The molecule has 2 aromatic carbocycles. The van der Waals surface area contributed by atoms with Crippen LogP contribution >= 0.6 is 0 Å². The van der Waals surface area contributed by atoms with Crippen molar-refractivity contribution >= 4 is 21.6 Å². The lowest BCUT2D eigenvalue weighted by molar-refractivity contribution is 0.0976. The minimum absolute atomic E-state index is 0.0203. The molecule has 2 aliphatic carbocycles. The number of fused-ring (bicyclic) bond motifs is 2. The molecule has 122 valence electrons. The van der Waals surface area contributed by atoms with E-state index < -0.39 is 15.8 Å². The van der Waals surface area contributed by atoms with Crippen molar-refractivity contribution in [1.29, 1.82) is 0 Å². The molecule has 2 aliphatic rings. The van der Waals surface area contributed by atoms with E-state index in [1.165, 1.54) is 18.2 Å².